The number of para-hydroxylation sites is 1. The van der Waals surface area contributed by atoms with E-state index in [2.05, 4.69) is 25.3 Å². The van der Waals surface area contributed by atoms with Gasteiger partial charge in [-0.05, 0) is 24.8 Å². The Kier molecular flexibility index (Phi) is 4.93. The van der Waals surface area contributed by atoms with Gasteiger partial charge in [0.1, 0.15) is 5.82 Å². The number of hydrogen-bond donors (Lipinski definition) is 0. The van der Waals surface area contributed by atoms with Crippen molar-refractivity contribution in [1.29, 1.82) is 0 Å². The summed E-state index contributed by atoms with van der Waals surface area (Å²) in [6.07, 6.45) is 8.50. The van der Waals surface area contributed by atoms with Gasteiger partial charge >= 0.3 is 0 Å². The van der Waals surface area contributed by atoms with Crippen LogP contribution in [0.3, 0.4) is 0 Å². The van der Waals surface area contributed by atoms with Gasteiger partial charge in [0.25, 0.3) is 5.69 Å². The molecule has 1 heterocycles. The molecule has 0 amide bonds. The maximum absolute atomic E-state index is 11.4. The number of aromatic nitrogens is 2. The Bertz CT molecular complexity index is 753. The average molecular weight is 341 g/mol. The molecule has 0 spiro atoms. The van der Waals surface area contributed by atoms with E-state index >= 15 is 0 Å². The van der Waals surface area contributed by atoms with Crippen LogP contribution in [0.5, 0.6) is 0 Å². The molecule has 0 aliphatic heterocycles. The normalized spacial score (nSPS) is 16.1. The van der Waals surface area contributed by atoms with E-state index in [9.17, 15) is 10.1 Å². The minimum atomic E-state index is -0.327. The van der Waals surface area contributed by atoms with Crippen molar-refractivity contribution in [3.63, 3.8) is 0 Å². The van der Waals surface area contributed by atoms with Crippen LogP contribution in [-0.2, 0) is 12.0 Å². The second-order valence-corrected chi connectivity index (χ2v) is 8.13. The smallest absolute Gasteiger partial charge is 0.278 e. The number of nitro benzene ring substituents is 1. The van der Waals surface area contributed by atoms with Crippen molar-refractivity contribution in [3.8, 4) is 11.3 Å². The molecule has 1 fully saturated rings. The van der Waals surface area contributed by atoms with E-state index in [-0.39, 0.29) is 16.0 Å². The third-order valence-corrected chi connectivity index (χ3v) is 5.00. The Morgan fingerprint density at radius 2 is 1.88 bits per heavy atom. The number of nitro groups is 1. The highest BCUT2D eigenvalue weighted by Crippen LogP contribution is 2.33. The lowest BCUT2D eigenvalue weighted by molar-refractivity contribution is -0.384. The first-order valence-corrected chi connectivity index (χ1v) is 9.17. The van der Waals surface area contributed by atoms with Gasteiger partial charge in [-0.1, -0.05) is 52.2 Å². The highest BCUT2D eigenvalue weighted by atomic mass is 16.6. The first kappa shape index (κ1) is 17.6. The molecule has 1 saturated carbocycles. The average Bonchev–Trinajstić information content (AvgIpc) is 3.00. The molecule has 0 bridgehead atoms. The fourth-order valence-electron chi connectivity index (χ4n) is 3.78. The number of imidazole rings is 1. The van der Waals surface area contributed by atoms with Gasteiger partial charge in [0.05, 0.1) is 16.2 Å². The standard InChI is InChI=1S/C20H27N3O2/c1-20(2,3)19-21-17(16-11-7-8-12-18(16)23(24)25)14-22(19)13-15-9-5-4-6-10-15/h7-8,11-12,14-15H,4-6,9-10,13H2,1-3H3. The summed E-state index contributed by atoms with van der Waals surface area (Å²) in [4.78, 5) is 15.9. The number of hydrogen-bond acceptors (Lipinski definition) is 3. The van der Waals surface area contributed by atoms with E-state index in [1.807, 2.05) is 12.3 Å². The summed E-state index contributed by atoms with van der Waals surface area (Å²) in [5.74, 6) is 1.69. The molecule has 1 aromatic heterocycles. The van der Waals surface area contributed by atoms with Crippen LogP contribution in [0.25, 0.3) is 11.3 Å². The van der Waals surface area contributed by atoms with E-state index in [4.69, 9.17) is 4.98 Å². The molecule has 3 rings (SSSR count). The van der Waals surface area contributed by atoms with Crippen molar-refractivity contribution in [2.24, 2.45) is 5.92 Å². The van der Waals surface area contributed by atoms with Gasteiger partial charge in [0.15, 0.2) is 0 Å². The Balaban J connectivity index is 2.00. The summed E-state index contributed by atoms with van der Waals surface area (Å²) in [6.45, 7) is 7.40. The molecule has 0 N–H and O–H groups in total. The van der Waals surface area contributed by atoms with E-state index in [1.54, 1.807) is 18.2 Å². The van der Waals surface area contributed by atoms with E-state index in [0.29, 0.717) is 17.2 Å². The van der Waals surface area contributed by atoms with Crippen LogP contribution >= 0.6 is 0 Å². The van der Waals surface area contributed by atoms with Gasteiger partial charge in [-0.3, -0.25) is 10.1 Å². The van der Waals surface area contributed by atoms with E-state index in [1.165, 1.54) is 32.1 Å². The van der Waals surface area contributed by atoms with Crippen LogP contribution < -0.4 is 0 Å². The molecule has 5 heteroatoms. The molecular formula is C20H27N3O2. The summed E-state index contributed by atoms with van der Waals surface area (Å²) in [6, 6.07) is 6.87. The fourth-order valence-corrected chi connectivity index (χ4v) is 3.78. The summed E-state index contributed by atoms with van der Waals surface area (Å²) in [5.41, 5.74) is 1.31. The van der Waals surface area contributed by atoms with Crippen LogP contribution in [0.15, 0.2) is 30.5 Å². The number of nitrogens with zero attached hydrogens (tertiary/aromatic N) is 3. The molecule has 25 heavy (non-hydrogen) atoms. The zero-order valence-corrected chi connectivity index (χ0v) is 15.4. The van der Waals surface area contributed by atoms with Crippen LogP contribution in [0.4, 0.5) is 5.69 Å². The zero-order valence-electron chi connectivity index (χ0n) is 15.4. The van der Waals surface area contributed by atoms with Crippen molar-refractivity contribution in [1.82, 2.24) is 9.55 Å². The largest absolute Gasteiger partial charge is 0.334 e. The fraction of sp³-hybridized carbons (Fsp3) is 0.550. The van der Waals surface area contributed by atoms with E-state index < -0.39 is 0 Å². The van der Waals surface area contributed by atoms with Gasteiger partial charge in [0, 0.05) is 24.2 Å². The lowest BCUT2D eigenvalue weighted by Crippen LogP contribution is -2.22. The number of rotatable bonds is 4. The zero-order chi connectivity index (χ0) is 18.0. The Hall–Kier alpha value is -2.17. The quantitative estimate of drug-likeness (QED) is 0.557. The summed E-state index contributed by atoms with van der Waals surface area (Å²) < 4.78 is 2.24. The molecule has 0 saturated heterocycles. The molecule has 134 valence electrons. The maximum Gasteiger partial charge on any atom is 0.278 e. The minimum Gasteiger partial charge on any atom is -0.334 e. The second-order valence-electron chi connectivity index (χ2n) is 8.13. The third-order valence-electron chi connectivity index (χ3n) is 5.00. The van der Waals surface area contributed by atoms with Crippen LogP contribution in [0, 0.1) is 16.0 Å². The monoisotopic (exact) mass is 341 g/mol. The first-order valence-electron chi connectivity index (χ1n) is 9.17. The highest BCUT2D eigenvalue weighted by Gasteiger charge is 2.26. The minimum absolute atomic E-state index is 0.101. The molecule has 2 aromatic rings. The van der Waals surface area contributed by atoms with Gasteiger partial charge in [-0.25, -0.2) is 4.98 Å². The molecule has 1 aliphatic carbocycles. The highest BCUT2D eigenvalue weighted by molar-refractivity contribution is 5.70. The molecule has 0 unspecified atom stereocenters. The van der Waals surface area contributed by atoms with Crippen molar-refractivity contribution >= 4 is 5.69 Å². The summed E-state index contributed by atoms with van der Waals surface area (Å²) in [5, 5.41) is 11.4. The van der Waals surface area contributed by atoms with Crippen LogP contribution in [-0.4, -0.2) is 14.5 Å². The second kappa shape index (κ2) is 6.98. The summed E-state index contributed by atoms with van der Waals surface area (Å²) in [7, 11) is 0. The molecule has 1 aromatic carbocycles. The maximum atomic E-state index is 11.4. The summed E-state index contributed by atoms with van der Waals surface area (Å²) >= 11 is 0. The van der Waals surface area contributed by atoms with E-state index in [0.717, 1.165) is 12.4 Å². The van der Waals surface area contributed by atoms with Crippen LogP contribution in [0.2, 0.25) is 0 Å². The number of benzene rings is 1. The molecule has 0 radical (unpaired) electrons. The Morgan fingerprint density at radius 3 is 2.52 bits per heavy atom. The van der Waals surface area contributed by atoms with Crippen molar-refractivity contribution in [2.45, 2.75) is 64.8 Å². The molecule has 0 atom stereocenters. The SMILES string of the molecule is CC(C)(C)c1nc(-c2ccccc2[N+](=O)[O-])cn1CC1CCCCC1. The lowest BCUT2D eigenvalue weighted by atomic mass is 9.88. The third kappa shape index (κ3) is 3.91. The van der Waals surface area contributed by atoms with Crippen LogP contribution in [0.1, 0.15) is 58.7 Å². The molecular weight excluding hydrogens is 314 g/mol. The van der Waals surface area contributed by atoms with Crippen molar-refractivity contribution in [3.05, 3.63) is 46.4 Å². The van der Waals surface area contributed by atoms with Gasteiger partial charge in [-0.2, -0.15) is 0 Å². The van der Waals surface area contributed by atoms with Crippen molar-refractivity contribution < 1.29 is 4.92 Å². The first-order chi connectivity index (χ1) is 11.9. The van der Waals surface area contributed by atoms with Gasteiger partial charge < -0.3 is 4.57 Å². The lowest BCUT2D eigenvalue weighted by Gasteiger charge is -2.25. The van der Waals surface area contributed by atoms with Gasteiger partial charge in [0.2, 0.25) is 0 Å². The van der Waals surface area contributed by atoms with Gasteiger partial charge in [-0.15, -0.1) is 0 Å². The molecule has 1 aliphatic rings. The topological polar surface area (TPSA) is 61.0 Å². The predicted molar refractivity (Wildman–Crippen MR) is 99.6 cm³/mol. The van der Waals surface area contributed by atoms with Crippen molar-refractivity contribution in [2.75, 3.05) is 0 Å². The molecule has 5 nitrogen and oxygen atoms in total. The Labute approximate surface area is 149 Å². The Morgan fingerprint density at radius 1 is 1.20 bits per heavy atom. The predicted octanol–water partition coefficient (Wildman–Crippen LogP) is 5.34.